The van der Waals surface area contributed by atoms with E-state index in [0.29, 0.717) is 25.3 Å². The van der Waals surface area contributed by atoms with Gasteiger partial charge in [0.15, 0.2) is 5.49 Å². The number of aromatic nitrogens is 3. The summed E-state index contributed by atoms with van der Waals surface area (Å²) in [6.07, 6.45) is 2.08. The lowest BCUT2D eigenvalue weighted by Gasteiger charge is -2.15. The van der Waals surface area contributed by atoms with Crippen LogP contribution in [0.25, 0.3) is 16.7 Å². The van der Waals surface area contributed by atoms with Gasteiger partial charge in [-0.05, 0) is 57.0 Å². The second kappa shape index (κ2) is 11.3. The Morgan fingerprint density at radius 3 is 2.57 bits per heavy atom. The maximum absolute atomic E-state index is 14.4. The lowest BCUT2D eigenvalue weighted by Crippen LogP contribution is -2.33. The lowest BCUT2D eigenvalue weighted by atomic mass is 10.2. The van der Waals surface area contributed by atoms with E-state index in [-0.39, 0.29) is 46.4 Å². The van der Waals surface area contributed by atoms with Crippen molar-refractivity contribution >= 4 is 28.6 Å². The quantitative estimate of drug-likeness (QED) is 0.206. The number of nitrogens with zero attached hydrogens (tertiary/aromatic N) is 4. The number of fused-ring (bicyclic) bond motifs is 2. The number of aryl methyl sites for hydroxylation is 2. The van der Waals surface area contributed by atoms with Gasteiger partial charge in [0.25, 0.3) is 11.5 Å². The molecule has 3 aromatic heterocycles. The van der Waals surface area contributed by atoms with Crippen LogP contribution in [0, 0.1) is 12.7 Å². The average Bonchev–Trinajstić information content (AvgIpc) is 2.88. The number of rotatable bonds is 8. The summed E-state index contributed by atoms with van der Waals surface area (Å²) in [5, 5.41) is 0.153. The van der Waals surface area contributed by atoms with Crippen LogP contribution in [-0.4, -0.2) is 45.6 Å². The number of benzene rings is 1. The first-order chi connectivity index (χ1) is 17.9. The number of carbonyl (C=O) groups excluding carboxylic acids is 2. The second-order valence-corrected chi connectivity index (χ2v) is 8.24. The smallest absolute Gasteiger partial charge is 0.341 e. The number of halogens is 1. The van der Waals surface area contributed by atoms with Crippen LogP contribution in [0.4, 0.5) is 4.39 Å². The first-order valence-electron chi connectivity index (χ1n) is 12.0. The van der Waals surface area contributed by atoms with Crippen molar-refractivity contribution < 1.29 is 23.5 Å². The molecule has 1 amide bonds. The fourth-order valence-electron chi connectivity index (χ4n) is 4.04. The highest BCUT2D eigenvalue weighted by atomic mass is 19.1. The van der Waals surface area contributed by atoms with E-state index in [0.717, 1.165) is 11.6 Å². The highest BCUT2D eigenvalue weighted by molar-refractivity contribution is 5.97. The van der Waals surface area contributed by atoms with Gasteiger partial charge in [0.1, 0.15) is 22.7 Å². The van der Waals surface area contributed by atoms with Gasteiger partial charge in [-0.25, -0.2) is 14.2 Å². The Balaban J connectivity index is 2.10. The van der Waals surface area contributed by atoms with Crippen molar-refractivity contribution in [2.24, 2.45) is 4.99 Å². The molecule has 0 spiro atoms. The van der Waals surface area contributed by atoms with Gasteiger partial charge in [0.05, 0.1) is 17.6 Å². The summed E-state index contributed by atoms with van der Waals surface area (Å²) >= 11 is 0. The molecule has 0 saturated heterocycles. The zero-order valence-electron chi connectivity index (χ0n) is 20.9. The summed E-state index contributed by atoms with van der Waals surface area (Å²) in [6, 6.07) is 10.3. The maximum atomic E-state index is 14.4. The molecule has 0 fully saturated rings. The van der Waals surface area contributed by atoms with Gasteiger partial charge in [-0.2, -0.15) is 4.99 Å². The number of amides is 1. The van der Waals surface area contributed by atoms with Crippen LogP contribution in [0.5, 0.6) is 0 Å². The predicted octanol–water partition coefficient (Wildman–Crippen LogP) is 3.44. The number of hydrogen-bond donors (Lipinski definition) is 0. The van der Waals surface area contributed by atoms with Gasteiger partial charge in [0.2, 0.25) is 0 Å². The van der Waals surface area contributed by atoms with Crippen LogP contribution in [0.15, 0.2) is 58.4 Å². The molecule has 10 heteroatoms. The SMILES string of the molecule is CCOCCCn1c(=NC(=O)c2ccccc2F)c(C(=O)OCC)cc2c(=O)n3cccc(C)c3nc21. The molecule has 0 radical (unpaired) electrons. The average molecular weight is 507 g/mol. The van der Waals surface area contributed by atoms with Gasteiger partial charge < -0.3 is 14.0 Å². The first-order valence-corrected chi connectivity index (χ1v) is 12.0. The van der Waals surface area contributed by atoms with Crippen molar-refractivity contribution in [3.63, 3.8) is 0 Å². The van der Waals surface area contributed by atoms with Crippen LogP contribution < -0.4 is 11.0 Å². The highest BCUT2D eigenvalue weighted by Crippen LogP contribution is 2.15. The molecule has 3 heterocycles. The minimum Gasteiger partial charge on any atom is -0.462 e. The molecule has 0 aliphatic rings. The number of carbonyl (C=O) groups is 2. The number of ether oxygens (including phenoxy) is 2. The number of hydrogen-bond acceptors (Lipinski definition) is 6. The maximum Gasteiger partial charge on any atom is 0.341 e. The van der Waals surface area contributed by atoms with E-state index in [4.69, 9.17) is 14.5 Å². The molecule has 0 unspecified atom stereocenters. The fourth-order valence-corrected chi connectivity index (χ4v) is 4.04. The predicted molar refractivity (Wildman–Crippen MR) is 135 cm³/mol. The van der Waals surface area contributed by atoms with Crippen molar-refractivity contribution in [3.05, 3.63) is 87.0 Å². The molecular formula is C27H27FN4O5. The van der Waals surface area contributed by atoms with Crippen LogP contribution in [0.3, 0.4) is 0 Å². The van der Waals surface area contributed by atoms with E-state index in [2.05, 4.69) is 4.99 Å². The van der Waals surface area contributed by atoms with Gasteiger partial charge >= 0.3 is 5.97 Å². The van der Waals surface area contributed by atoms with E-state index in [1.165, 1.54) is 33.2 Å². The second-order valence-electron chi connectivity index (χ2n) is 8.24. The molecule has 0 saturated carbocycles. The van der Waals surface area contributed by atoms with Gasteiger partial charge in [0, 0.05) is 26.0 Å². The Hall–Kier alpha value is -4.18. The molecule has 4 aromatic rings. The van der Waals surface area contributed by atoms with E-state index < -0.39 is 17.7 Å². The number of pyridine rings is 2. The Bertz CT molecular complexity index is 1620. The van der Waals surface area contributed by atoms with Crippen molar-refractivity contribution in [2.45, 2.75) is 33.7 Å². The number of esters is 1. The Labute approximate surface area is 211 Å². The monoisotopic (exact) mass is 506 g/mol. The minimum absolute atomic E-state index is 0.0655. The van der Waals surface area contributed by atoms with E-state index in [1.807, 2.05) is 19.9 Å². The highest BCUT2D eigenvalue weighted by Gasteiger charge is 2.21. The van der Waals surface area contributed by atoms with Crippen LogP contribution in [0.1, 0.15) is 46.5 Å². The Morgan fingerprint density at radius 2 is 1.84 bits per heavy atom. The molecule has 192 valence electrons. The molecular weight excluding hydrogens is 479 g/mol. The third-order valence-corrected chi connectivity index (χ3v) is 5.79. The summed E-state index contributed by atoms with van der Waals surface area (Å²) in [5.41, 5.74) is 0.624. The normalized spacial score (nSPS) is 11.8. The Kier molecular flexibility index (Phi) is 7.88. The van der Waals surface area contributed by atoms with Crippen LogP contribution in [0.2, 0.25) is 0 Å². The summed E-state index contributed by atoms with van der Waals surface area (Å²) in [4.78, 5) is 48.5. The van der Waals surface area contributed by atoms with Crippen molar-refractivity contribution in [3.8, 4) is 0 Å². The molecule has 9 nitrogen and oxygen atoms in total. The fraction of sp³-hybridized carbons (Fsp3) is 0.296. The van der Waals surface area contributed by atoms with Crippen molar-refractivity contribution in [2.75, 3.05) is 19.8 Å². The van der Waals surface area contributed by atoms with E-state index in [9.17, 15) is 18.8 Å². The van der Waals surface area contributed by atoms with Crippen molar-refractivity contribution in [1.29, 1.82) is 0 Å². The third-order valence-electron chi connectivity index (χ3n) is 5.79. The van der Waals surface area contributed by atoms with Crippen molar-refractivity contribution in [1.82, 2.24) is 14.0 Å². The molecule has 1 aromatic carbocycles. The summed E-state index contributed by atoms with van der Waals surface area (Å²) in [5.74, 6) is -2.39. The molecule has 0 N–H and O–H groups in total. The molecule has 37 heavy (non-hydrogen) atoms. The van der Waals surface area contributed by atoms with Gasteiger partial charge in [-0.1, -0.05) is 18.2 Å². The largest absolute Gasteiger partial charge is 0.462 e. The van der Waals surface area contributed by atoms with Gasteiger partial charge in [-0.3, -0.25) is 14.0 Å². The molecule has 4 rings (SSSR count). The van der Waals surface area contributed by atoms with Gasteiger partial charge in [-0.15, -0.1) is 0 Å². The molecule has 0 bridgehead atoms. The minimum atomic E-state index is -0.879. The summed E-state index contributed by atoms with van der Waals surface area (Å²) < 4.78 is 28.0. The molecule has 0 atom stereocenters. The lowest BCUT2D eigenvalue weighted by molar-refractivity contribution is 0.0523. The topological polar surface area (TPSA) is 104 Å². The van der Waals surface area contributed by atoms with Crippen LogP contribution in [-0.2, 0) is 16.0 Å². The zero-order chi connectivity index (χ0) is 26.5. The summed E-state index contributed by atoms with van der Waals surface area (Å²) in [7, 11) is 0. The molecule has 0 aliphatic heterocycles. The van der Waals surface area contributed by atoms with E-state index in [1.54, 1.807) is 19.2 Å². The Morgan fingerprint density at radius 1 is 1.05 bits per heavy atom. The zero-order valence-corrected chi connectivity index (χ0v) is 20.9. The molecule has 0 aliphatic carbocycles. The standard InChI is InChI=1S/C27H27FN4O5/c1-4-36-15-9-14-31-23-19(26(34)32-13-8-10-17(3)22(32)29-23)16-20(27(35)37-5-2)24(31)30-25(33)18-11-6-7-12-21(18)28/h6-8,10-13,16H,4-5,9,14-15H2,1-3H3. The third kappa shape index (κ3) is 5.19. The van der Waals surface area contributed by atoms with Crippen LogP contribution >= 0.6 is 0 Å². The first kappa shape index (κ1) is 25.9. The van der Waals surface area contributed by atoms with E-state index >= 15 is 0 Å². The summed E-state index contributed by atoms with van der Waals surface area (Å²) in [6.45, 7) is 6.53.